The molecule has 0 saturated carbocycles. The quantitative estimate of drug-likeness (QED) is 0.0237. The maximum atomic E-state index is 12.6. The van der Waals surface area contributed by atoms with Crippen LogP contribution < -0.4 is 0 Å². The van der Waals surface area contributed by atoms with Gasteiger partial charge in [0.15, 0.2) is 0 Å². The highest BCUT2D eigenvalue weighted by atomic mass is 31.2. The number of carbonyl (C=O) groups excluding carboxylic acids is 1. The third-order valence-corrected chi connectivity index (χ3v) is 10.1. The largest absolute Gasteiger partial charge is 0.472 e. The van der Waals surface area contributed by atoms with Gasteiger partial charge < -0.3 is 24.6 Å². The zero-order valence-corrected chi connectivity index (χ0v) is 39.4. The molecule has 0 aromatic heterocycles. The molecule has 3 atom stereocenters. The number of rotatable bonds is 43. The smallest absolute Gasteiger partial charge is 0.457 e. The normalized spacial score (nSPS) is 15.0. The first kappa shape index (κ1) is 58.9. The number of aliphatic hydroxyl groups excluding tert-OH is 2. The molecule has 0 amide bonds. The van der Waals surface area contributed by atoms with E-state index in [0.29, 0.717) is 13.0 Å². The molecule has 0 aromatic rings. The van der Waals surface area contributed by atoms with Gasteiger partial charge in [-0.05, 0) is 96.3 Å². The number of carbonyl (C=O) groups is 1. The minimum absolute atomic E-state index is 0.0118. The third kappa shape index (κ3) is 46.4. The van der Waals surface area contributed by atoms with E-state index in [9.17, 15) is 19.4 Å². The number of allylic oxidation sites excluding steroid dienone is 20. The van der Waals surface area contributed by atoms with Crippen LogP contribution >= 0.6 is 7.82 Å². The van der Waals surface area contributed by atoms with Crippen molar-refractivity contribution < 1.29 is 43.0 Å². The highest BCUT2D eigenvalue weighted by molar-refractivity contribution is 7.47. The number of phosphoric acid groups is 1. The zero-order valence-electron chi connectivity index (χ0n) is 38.5. The topological polar surface area (TPSA) is 132 Å². The minimum Gasteiger partial charge on any atom is -0.457 e. The molecule has 9 nitrogen and oxygen atoms in total. The van der Waals surface area contributed by atoms with Crippen molar-refractivity contribution in [3.8, 4) is 0 Å². The van der Waals surface area contributed by atoms with E-state index in [-0.39, 0.29) is 13.0 Å². The number of ether oxygens (including phenoxy) is 2. The Labute approximate surface area is 377 Å². The van der Waals surface area contributed by atoms with Crippen LogP contribution in [0, 0.1) is 0 Å². The molecule has 0 spiro atoms. The van der Waals surface area contributed by atoms with Crippen molar-refractivity contribution in [2.45, 2.75) is 167 Å². The average Bonchev–Trinajstić information content (AvgIpc) is 3.26. The van der Waals surface area contributed by atoms with Crippen molar-refractivity contribution in [3.05, 3.63) is 122 Å². The van der Waals surface area contributed by atoms with Crippen molar-refractivity contribution in [1.82, 2.24) is 0 Å². The second-order valence-electron chi connectivity index (χ2n) is 15.0. The molecule has 0 heterocycles. The minimum atomic E-state index is -4.55. The lowest BCUT2D eigenvalue weighted by molar-refractivity contribution is -0.154. The van der Waals surface area contributed by atoms with Crippen molar-refractivity contribution in [1.29, 1.82) is 0 Å². The van der Waals surface area contributed by atoms with Crippen molar-refractivity contribution in [2.75, 3.05) is 33.0 Å². The van der Waals surface area contributed by atoms with Gasteiger partial charge in [-0.25, -0.2) is 4.57 Å². The Morgan fingerprint density at radius 1 is 0.500 bits per heavy atom. The molecule has 0 aromatic carbocycles. The first-order chi connectivity index (χ1) is 30.3. The number of hydrogen-bond acceptors (Lipinski definition) is 8. The average molecular weight is 885 g/mol. The van der Waals surface area contributed by atoms with Gasteiger partial charge in [0.25, 0.3) is 0 Å². The molecule has 0 fully saturated rings. The van der Waals surface area contributed by atoms with E-state index in [2.05, 4.69) is 129 Å². The van der Waals surface area contributed by atoms with Gasteiger partial charge in [-0.1, -0.05) is 174 Å². The molecule has 352 valence electrons. The van der Waals surface area contributed by atoms with Crippen LogP contribution in [0.25, 0.3) is 0 Å². The van der Waals surface area contributed by atoms with Gasteiger partial charge in [0.1, 0.15) is 12.2 Å². The molecule has 0 rings (SSSR count). The summed E-state index contributed by atoms with van der Waals surface area (Å²) in [6.07, 6.45) is 63.1. The van der Waals surface area contributed by atoms with E-state index in [4.69, 9.17) is 23.6 Å². The number of hydrogen-bond donors (Lipinski definition) is 3. The molecule has 0 bridgehead atoms. The maximum Gasteiger partial charge on any atom is 0.472 e. The van der Waals surface area contributed by atoms with Gasteiger partial charge in [-0.2, -0.15) is 0 Å². The van der Waals surface area contributed by atoms with Gasteiger partial charge >= 0.3 is 13.8 Å². The summed E-state index contributed by atoms with van der Waals surface area (Å²) in [4.78, 5) is 22.6. The number of unbranched alkanes of at least 4 members (excludes halogenated alkanes) is 9. The SMILES string of the molecule is CC/C=C\C/C=C\C/C=C\C/C=C\C/C=C\C/C=C\C/C=C\CCCC(=O)OC(COCCCCCCCCCC/C=C\C/C=C\C/C=C\CC)COP(=O)(O)OCC(O)CO. The molecule has 0 aliphatic carbocycles. The summed E-state index contributed by atoms with van der Waals surface area (Å²) in [5, 5.41) is 18.4. The van der Waals surface area contributed by atoms with E-state index >= 15 is 0 Å². The fourth-order valence-corrected chi connectivity index (χ4v) is 6.44. The lowest BCUT2D eigenvalue weighted by atomic mass is 10.1. The van der Waals surface area contributed by atoms with E-state index in [1.54, 1.807) is 0 Å². The van der Waals surface area contributed by atoms with E-state index in [1.807, 2.05) is 6.08 Å². The van der Waals surface area contributed by atoms with Crippen molar-refractivity contribution >= 4 is 13.8 Å². The Hall–Kier alpha value is -3.14. The maximum absolute atomic E-state index is 12.6. The second kappa shape index (κ2) is 47.3. The van der Waals surface area contributed by atoms with Crippen LogP contribution in [0.2, 0.25) is 0 Å². The Kier molecular flexibility index (Phi) is 44.9. The third-order valence-electron chi connectivity index (χ3n) is 9.14. The van der Waals surface area contributed by atoms with Gasteiger partial charge in [0, 0.05) is 13.0 Å². The molecule has 0 aliphatic rings. The summed E-state index contributed by atoms with van der Waals surface area (Å²) < 4.78 is 33.4. The Morgan fingerprint density at radius 2 is 0.871 bits per heavy atom. The molecule has 62 heavy (non-hydrogen) atoms. The zero-order chi connectivity index (χ0) is 45.3. The van der Waals surface area contributed by atoms with E-state index in [0.717, 1.165) is 96.3 Å². The predicted molar refractivity (Wildman–Crippen MR) is 260 cm³/mol. The highest BCUT2D eigenvalue weighted by Gasteiger charge is 2.26. The van der Waals surface area contributed by atoms with E-state index in [1.165, 1.54) is 32.1 Å². The van der Waals surface area contributed by atoms with Crippen molar-refractivity contribution in [3.63, 3.8) is 0 Å². The fraction of sp³-hybridized carbons (Fsp3) is 0.596. The number of phosphoric ester groups is 1. The summed E-state index contributed by atoms with van der Waals surface area (Å²) in [6.45, 7) is 3.17. The summed E-state index contributed by atoms with van der Waals surface area (Å²) in [5.74, 6) is -0.448. The fourth-order valence-electron chi connectivity index (χ4n) is 5.65. The van der Waals surface area contributed by atoms with Crippen LogP contribution in [-0.2, 0) is 27.9 Å². The van der Waals surface area contributed by atoms with Crippen LogP contribution in [0.5, 0.6) is 0 Å². The van der Waals surface area contributed by atoms with E-state index < -0.39 is 45.8 Å². The monoisotopic (exact) mass is 885 g/mol. The first-order valence-electron chi connectivity index (χ1n) is 23.5. The van der Waals surface area contributed by atoms with Crippen LogP contribution in [0.15, 0.2) is 122 Å². The van der Waals surface area contributed by atoms with Crippen molar-refractivity contribution in [2.24, 2.45) is 0 Å². The summed E-state index contributed by atoms with van der Waals surface area (Å²) in [6, 6.07) is 0. The molecular formula is C52H85O9P. The Bertz CT molecular complexity index is 1370. The molecule has 3 unspecified atom stereocenters. The Morgan fingerprint density at radius 3 is 1.31 bits per heavy atom. The lowest BCUT2D eigenvalue weighted by Gasteiger charge is -2.20. The molecule has 0 saturated heterocycles. The summed E-state index contributed by atoms with van der Waals surface area (Å²) in [7, 11) is -4.55. The van der Waals surface area contributed by atoms with Gasteiger partial charge in [-0.3, -0.25) is 13.8 Å². The Balaban J connectivity index is 4.29. The molecule has 0 aliphatic heterocycles. The van der Waals surface area contributed by atoms with Crippen LogP contribution in [-0.4, -0.2) is 66.3 Å². The van der Waals surface area contributed by atoms with Crippen LogP contribution in [0.1, 0.15) is 155 Å². The van der Waals surface area contributed by atoms with Crippen LogP contribution in [0.4, 0.5) is 0 Å². The van der Waals surface area contributed by atoms with Gasteiger partial charge in [0.2, 0.25) is 0 Å². The molecular weight excluding hydrogens is 800 g/mol. The number of esters is 1. The molecule has 3 N–H and O–H groups in total. The number of aliphatic hydroxyl groups is 2. The molecule has 10 heteroatoms. The van der Waals surface area contributed by atoms with Crippen LogP contribution in [0.3, 0.4) is 0 Å². The molecule has 0 radical (unpaired) electrons. The summed E-state index contributed by atoms with van der Waals surface area (Å²) >= 11 is 0. The summed E-state index contributed by atoms with van der Waals surface area (Å²) in [5.41, 5.74) is 0. The predicted octanol–water partition coefficient (Wildman–Crippen LogP) is 13.6. The van der Waals surface area contributed by atoms with Gasteiger partial charge in [-0.15, -0.1) is 0 Å². The van der Waals surface area contributed by atoms with Gasteiger partial charge in [0.05, 0.1) is 26.4 Å². The highest BCUT2D eigenvalue weighted by Crippen LogP contribution is 2.43. The first-order valence-corrected chi connectivity index (χ1v) is 25.0. The standard InChI is InChI=1S/C52H85O9P/c1-3-5-7-9-11-13-15-17-19-21-23-24-25-26-27-28-30-32-34-36-38-40-42-44-52(55)61-51(49-60-62(56,57)59-47-50(54)46-53)48-58-45-43-41-39-37-35-33-31-29-22-20-18-16-14-12-10-8-6-4-2/h5-8,11-14,17-20,23-24,26-27,30,32,36,38,50-51,53-54H,3-4,9-10,15-16,21-22,25,28-29,31,33-35,37,39-49H2,1-2H3,(H,56,57)/b7-5-,8-6-,13-11-,14-12-,19-17-,20-18-,24-23-,27-26-,32-30-,38-36-. The lowest BCUT2D eigenvalue weighted by Crippen LogP contribution is -2.29. The second-order valence-corrected chi connectivity index (χ2v) is 16.5.